The fraction of sp³-hybridized carbons (Fsp3) is 0.545. The highest BCUT2D eigenvalue weighted by Crippen LogP contribution is 2.32. The van der Waals surface area contributed by atoms with Gasteiger partial charge in [-0.2, -0.15) is 0 Å². The summed E-state index contributed by atoms with van der Waals surface area (Å²) in [4.78, 5) is 6.78. The van der Waals surface area contributed by atoms with E-state index in [0.717, 1.165) is 16.3 Å². The van der Waals surface area contributed by atoms with E-state index < -0.39 is 0 Å². The largest absolute Gasteiger partial charge is 0.430 e. The number of rotatable bonds is 2. The first-order valence-electron chi connectivity index (χ1n) is 4.98. The van der Waals surface area contributed by atoms with Crippen LogP contribution >= 0.6 is 11.3 Å². The first-order chi connectivity index (χ1) is 6.58. The third kappa shape index (κ3) is 1.57. The van der Waals surface area contributed by atoms with Crippen LogP contribution in [0.4, 0.5) is 0 Å². The van der Waals surface area contributed by atoms with Gasteiger partial charge in [0.15, 0.2) is 5.89 Å². The van der Waals surface area contributed by atoms with Crippen molar-refractivity contribution in [3.63, 3.8) is 0 Å². The Kier molecular flexibility index (Phi) is 2.35. The van der Waals surface area contributed by atoms with Gasteiger partial charge in [-0.1, -0.05) is 27.7 Å². The van der Waals surface area contributed by atoms with Crippen molar-refractivity contribution in [2.24, 2.45) is 0 Å². The van der Waals surface area contributed by atoms with Crippen LogP contribution in [0.2, 0.25) is 0 Å². The fourth-order valence-electron chi connectivity index (χ4n) is 1.30. The summed E-state index contributed by atoms with van der Waals surface area (Å²) in [6.07, 6.45) is 0. The molecule has 14 heavy (non-hydrogen) atoms. The lowest BCUT2D eigenvalue weighted by Gasteiger charge is -1.97. The number of hydrogen-bond donors (Lipinski definition) is 0. The topological polar surface area (TPSA) is 26.0 Å². The summed E-state index contributed by atoms with van der Waals surface area (Å²) in [6.45, 7) is 8.57. The summed E-state index contributed by atoms with van der Waals surface area (Å²) in [6, 6.07) is 2.14. The van der Waals surface area contributed by atoms with Gasteiger partial charge in [0.2, 0.25) is 4.90 Å². The van der Waals surface area contributed by atoms with Gasteiger partial charge in [-0.05, 0) is 12.0 Å². The molecule has 0 spiro atoms. The molecule has 0 amide bonds. The molecular weight excluding hydrogens is 194 g/mol. The van der Waals surface area contributed by atoms with Gasteiger partial charge in [-0.25, -0.2) is 4.98 Å². The van der Waals surface area contributed by atoms with Gasteiger partial charge >= 0.3 is 0 Å². The molecule has 0 unspecified atom stereocenters. The molecule has 0 aliphatic carbocycles. The van der Waals surface area contributed by atoms with Crippen LogP contribution in [0, 0.1) is 0 Å². The highest BCUT2D eigenvalue weighted by Gasteiger charge is 2.13. The highest BCUT2D eigenvalue weighted by molar-refractivity contribution is 7.18. The van der Waals surface area contributed by atoms with Crippen molar-refractivity contribution >= 4 is 21.8 Å². The van der Waals surface area contributed by atoms with Crippen molar-refractivity contribution in [1.82, 2.24) is 4.98 Å². The smallest absolute Gasteiger partial charge is 0.208 e. The maximum atomic E-state index is 5.67. The van der Waals surface area contributed by atoms with Crippen LogP contribution in [0.1, 0.15) is 50.3 Å². The molecule has 0 radical (unpaired) electrons. The normalized spacial score (nSPS) is 12.1. The van der Waals surface area contributed by atoms with Gasteiger partial charge in [0.1, 0.15) is 5.52 Å². The van der Waals surface area contributed by atoms with E-state index in [-0.39, 0.29) is 0 Å². The van der Waals surface area contributed by atoms with Crippen LogP contribution in [-0.2, 0) is 0 Å². The summed E-state index contributed by atoms with van der Waals surface area (Å²) in [5.41, 5.74) is 1.02. The molecule has 2 aromatic rings. The average Bonchev–Trinajstić information content (AvgIpc) is 2.57. The fourth-order valence-corrected chi connectivity index (χ4v) is 2.26. The molecule has 0 bridgehead atoms. The quantitative estimate of drug-likeness (QED) is 0.743. The van der Waals surface area contributed by atoms with E-state index in [2.05, 4.69) is 38.7 Å². The molecule has 0 fully saturated rings. The second-order valence-corrected chi connectivity index (χ2v) is 5.23. The van der Waals surface area contributed by atoms with E-state index in [1.54, 1.807) is 11.3 Å². The van der Waals surface area contributed by atoms with Crippen LogP contribution in [-0.4, -0.2) is 4.98 Å². The Morgan fingerprint density at radius 2 is 1.93 bits per heavy atom. The number of aromatic nitrogens is 1. The van der Waals surface area contributed by atoms with Crippen molar-refractivity contribution in [3.05, 3.63) is 16.8 Å². The molecule has 0 aliphatic rings. The minimum atomic E-state index is 0.372. The molecule has 0 saturated carbocycles. The van der Waals surface area contributed by atoms with Crippen LogP contribution in [0.25, 0.3) is 10.4 Å². The molecule has 0 aliphatic heterocycles. The van der Waals surface area contributed by atoms with Crippen molar-refractivity contribution in [3.8, 4) is 0 Å². The molecular formula is C11H15NOS. The van der Waals surface area contributed by atoms with E-state index in [1.807, 2.05) is 0 Å². The van der Waals surface area contributed by atoms with Crippen molar-refractivity contribution in [1.29, 1.82) is 0 Å². The lowest BCUT2D eigenvalue weighted by molar-refractivity contribution is 0.505. The molecule has 2 aromatic heterocycles. The van der Waals surface area contributed by atoms with Gasteiger partial charge in [0.25, 0.3) is 0 Å². The third-order valence-corrected chi connectivity index (χ3v) is 3.49. The second-order valence-electron chi connectivity index (χ2n) is 4.18. The molecule has 2 rings (SSSR count). The summed E-state index contributed by atoms with van der Waals surface area (Å²) in [7, 11) is 0. The van der Waals surface area contributed by atoms with E-state index in [0.29, 0.717) is 11.8 Å². The zero-order chi connectivity index (χ0) is 10.3. The summed E-state index contributed by atoms with van der Waals surface area (Å²) < 4.78 is 5.67. The molecule has 0 atom stereocenters. The zero-order valence-electron chi connectivity index (χ0n) is 9.00. The molecule has 0 N–H and O–H groups in total. The number of fused-ring (bicyclic) bond motifs is 1. The molecule has 2 heterocycles. The Morgan fingerprint density at radius 3 is 2.43 bits per heavy atom. The first kappa shape index (κ1) is 9.71. The highest BCUT2D eigenvalue weighted by atomic mass is 32.1. The monoisotopic (exact) mass is 209 g/mol. The second kappa shape index (κ2) is 3.39. The summed E-state index contributed by atoms with van der Waals surface area (Å²) in [5, 5.41) is 0. The average molecular weight is 209 g/mol. The van der Waals surface area contributed by atoms with Gasteiger partial charge in [-0.3, -0.25) is 0 Å². The summed E-state index contributed by atoms with van der Waals surface area (Å²) in [5.74, 6) is 1.78. The minimum absolute atomic E-state index is 0.372. The number of hydrogen-bond acceptors (Lipinski definition) is 3. The predicted octanol–water partition coefficient (Wildman–Crippen LogP) is 4.14. The number of thiophene rings is 1. The van der Waals surface area contributed by atoms with Gasteiger partial charge < -0.3 is 4.42 Å². The molecule has 3 heteroatoms. The van der Waals surface area contributed by atoms with E-state index >= 15 is 0 Å². The van der Waals surface area contributed by atoms with Crippen LogP contribution < -0.4 is 0 Å². The number of oxazole rings is 1. The molecule has 0 saturated heterocycles. The molecule has 0 aromatic carbocycles. The molecule has 76 valence electrons. The SMILES string of the molecule is CC(C)c1nc2cc(C(C)C)sc2o1. The Hall–Kier alpha value is -0.830. The minimum Gasteiger partial charge on any atom is -0.430 e. The van der Waals surface area contributed by atoms with Crippen molar-refractivity contribution in [2.75, 3.05) is 0 Å². The van der Waals surface area contributed by atoms with Crippen molar-refractivity contribution < 1.29 is 4.42 Å². The van der Waals surface area contributed by atoms with E-state index in [1.165, 1.54) is 4.88 Å². The summed E-state index contributed by atoms with van der Waals surface area (Å²) >= 11 is 1.71. The Labute approximate surface area is 88.0 Å². The van der Waals surface area contributed by atoms with E-state index in [4.69, 9.17) is 4.42 Å². The Bertz CT molecular complexity index is 370. The van der Waals surface area contributed by atoms with Gasteiger partial charge in [0.05, 0.1) is 0 Å². The lowest BCUT2D eigenvalue weighted by Crippen LogP contribution is -1.85. The van der Waals surface area contributed by atoms with E-state index in [9.17, 15) is 0 Å². The van der Waals surface area contributed by atoms with Crippen LogP contribution in [0.5, 0.6) is 0 Å². The first-order valence-corrected chi connectivity index (χ1v) is 5.79. The molecule has 2 nitrogen and oxygen atoms in total. The lowest BCUT2D eigenvalue weighted by atomic mass is 10.2. The third-order valence-electron chi connectivity index (χ3n) is 2.19. The number of nitrogens with zero attached hydrogens (tertiary/aromatic N) is 1. The predicted molar refractivity (Wildman–Crippen MR) is 60.1 cm³/mol. The van der Waals surface area contributed by atoms with Gasteiger partial charge in [0, 0.05) is 10.8 Å². The standard InChI is InChI=1S/C11H15NOS/c1-6(2)9-5-8-11(14-9)13-10(12-8)7(3)4/h5-7H,1-4H3. The van der Waals surface area contributed by atoms with Crippen LogP contribution in [0.15, 0.2) is 10.5 Å². The Balaban J connectivity index is 2.45. The maximum Gasteiger partial charge on any atom is 0.208 e. The van der Waals surface area contributed by atoms with Crippen LogP contribution in [0.3, 0.4) is 0 Å². The Morgan fingerprint density at radius 1 is 1.21 bits per heavy atom. The zero-order valence-corrected chi connectivity index (χ0v) is 9.81. The van der Waals surface area contributed by atoms with Gasteiger partial charge in [-0.15, -0.1) is 11.3 Å². The maximum absolute atomic E-state index is 5.67. The van der Waals surface area contributed by atoms with Crippen molar-refractivity contribution in [2.45, 2.75) is 39.5 Å².